The number of rotatable bonds is 2. The van der Waals surface area contributed by atoms with E-state index in [1.807, 2.05) is 24.0 Å². The smallest absolute Gasteiger partial charge is 0.289 e. The van der Waals surface area contributed by atoms with Crippen molar-refractivity contribution in [3.8, 4) is 0 Å². The lowest BCUT2D eigenvalue weighted by atomic mass is 9.90. The fourth-order valence-electron chi connectivity index (χ4n) is 2.65. The molecule has 0 spiro atoms. The highest BCUT2D eigenvalue weighted by atomic mass is 35.5. The van der Waals surface area contributed by atoms with E-state index in [9.17, 15) is 4.79 Å². The summed E-state index contributed by atoms with van der Waals surface area (Å²) in [6.07, 6.45) is 0.937. The van der Waals surface area contributed by atoms with Crippen LogP contribution in [-0.4, -0.2) is 35.4 Å². The first kappa shape index (κ1) is 18.7. The van der Waals surface area contributed by atoms with Gasteiger partial charge in [0.2, 0.25) is 0 Å². The summed E-state index contributed by atoms with van der Waals surface area (Å²) >= 11 is 0. The van der Waals surface area contributed by atoms with E-state index in [0.717, 1.165) is 24.2 Å². The van der Waals surface area contributed by atoms with Gasteiger partial charge < -0.3 is 15.1 Å². The number of carbonyl (C=O) groups excluding carboxylic acids is 1. The SMILES string of the molecule is Cc1ccc2oc(C(=O)N3CCC(C)(CN)C3)cc2n1.Cl.Cl. The number of carbonyl (C=O) groups is 1. The maximum absolute atomic E-state index is 12.5. The molecule has 7 heteroatoms. The molecule has 1 unspecified atom stereocenters. The Labute approximate surface area is 142 Å². The highest BCUT2D eigenvalue weighted by Gasteiger charge is 2.36. The molecule has 1 aliphatic heterocycles. The highest BCUT2D eigenvalue weighted by Crippen LogP contribution is 2.30. The fraction of sp³-hybridized carbons (Fsp3) is 0.467. The van der Waals surface area contributed by atoms with Gasteiger partial charge in [0.1, 0.15) is 5.52 Å². The van der Waals surface area contributed by atoms with Crippen LogP contribution >= 0.6 is 24.8 Å². The molecule has 2 aromatic rings. The number of likely N-dealkylation sites (tertiary alicyclic amines) is 1. The van der Waals surface area contributed by atoms with Crippen LogP contribution in [0.1, 0.15) is 29.6 Å². The maximum atomic E-state index is 12.5. The van der Waals surface area contributed by atoms with Crippen molar-refractivity contribution < 1.29 is 9.21 Å². The Hall–Kier alpha value is -1.30. The number of fused-ring (bicyclic) bond motifs is 1. The van der Waals surface area contributed by atoms with E-state index in [2.05, 4.69) is 11.9 Å². The van der Waals surface area contributed by atoms with Crippen LogP contribution in [0.3, 0.4) is 0 Å². The Morgan fingerprint density at radius 1 is 1.45 bits per heavy atom. The van der Waals surface area contributed by atoms with Crippen LogP contribution in [-0.2, 0) is 0 Å². The summed E-state index contributed by atoms with van der Waals surface area (Å²) in [6, 6.07) is 5.45. The van der Waals surface area contributed by atoms with Gasteiger partial charge in [-0.3, -0.25) is 4.79 Å². The first-order valence-corrected chi connectivity index (χ1v) is 6.87. The molecule has 22 heavy (non-hydrogen) atoms. The van der Waals surface area contributed by atoms with Gasteiger partial charge in [-0.1, -0.05) is 6.92 Å². The molecule has 3 heterocycles. The summed E-state index contributed by atoms with van der Waals surface area (Å²) in [5, 5.41) is 0. The second-order valence-electron chi connectivity index (χ2n) is 5.94. The topological polar surface area (TPSA) is 72.4 Å². The van der Waals surface area contributed by atoms with E-state index in [4.69, 9.17) is 10.2 Å². The minimum atomic E-state index is -0.0715. The maximum Gasteiger partial charge on any atom is 0.289 e. The molecular formula is C15H21Cl2N3O2. The molecule has 3 rings (SSSR count). The van der Waals surface area contributed by atoms with Crippen LogP contribution in [0.15, 0.2) is 22.6 Å². The van der Waals surface area contributed by atoms with E-state index in [0.29, 0.717) is 24.4 Å². The standard InChI is InChI=1S/C15H19N3O2.2ClH/c1-10-3-4-12-11(17-10)7-13(20-12)14(19)18-6-5-15(2,8-16)9-18;;/h3-4,7H,5-6,8-9,16H2,1-2H3;2*1H. The molecular weight excluding hydrogens is 325 g/mol. The summed E-state index contributed by atoms with van der Waals surface area (Å²) < 4.78 is 5.61. The van der Waals surface area contributed by atoms with E-state index in [-0.39, 0.29) is 36.1 Å². The van der Waals surface area contributed by atoms with Crippen LogP contribution in [0.5, 0.6) is 0 Å². The Morgan fingerprint density at radius 2 is 2.18 bits per heavy atom. The van der Waals surface area contributed by atoms with E-state index in [1.54, 1.807) is 6.07 Å². The largest absolute Gasteiger partial charge is 0.449 e. The summed E-state index contributed by atoms with van der Waals surface area (Å²) in [4.78, 5) is 18.7. The second-order valence-corrected chi connectivity index (χ2v) is 5.94. The van der Waals surface area contributed by atoms with Gasteiger partial charge in [0.25, 0.3) is 5.91 Å². The number of hydrogen-bond donors (Lipinski definition) is 1. The van der Waals surface area contributed by atoms with Gasteiger partial charge in [-0.2, -0.15) is 0 Å². The van der Waals surface area contributed by atoms with Gasteiger partial charge in [-0.25, -0.2) is 4.98 Å². The molecule has 122 valence electrons. The molecule has 2 N–H and O–H groups in total. The fourth-order valence-corrected chi connectivity index (χ4v) is 2.65. The lowest BCUT2D eigenvalue weighted by Crippen LogP contribution is -2.34. The number of halogens is 2. The van der Waals surface area contributed by atoms with Crippen molar-refractivity contribution in [3.63, 3.8) is 0 Å². The molecule has 2 aromatic heterocycles. The van der Waals surface area contributed by atoms with Gasteiger partial charge in [0, 0.05) is 24.8 Å². The van der Waals surface area contributed by atoms with Crippen molar-refractivity contribution in [2.45, 2.75) is 20.3 Å². The van der Waals surface area contributed by atoms with Crippen LogP contribution in [0.4, 0.5) is 0 Å². The molecule has 1 aliphatic rings. The Kier molecular flexibility index (Phi) is 5.84. The van der Waals surface area contributed by atoms with Crippen molar-refractivity contribution in [2.75, 3.05) is 19.6 Å². The number of amides is 1. The van der Waals surface area contributed by atoms with Crippen molar-refractivity contribution in [1.82, 2.24) is 9.88 Å². The Balaban J connectivity index is 0.00000121. The Bertz CT molecular complexity index is 674. The Morgan fingerprint density at radius 3 is 2.82 bits per heavy atom. The summed E-state index contributed by atoms with van der Waals surface area (Å²) in [5.41, 5.74) is 8.09. The molecule has 0 aliphatic carbocycles. The number of hydrogen-bond acceptors (Lipinski definition) is 4. The molecule has 1 saturated heterocycles. The van der Waals surface area contributed by atoms with Crippen LogP contribution in [0.2, 0.25) is 0 Å². The number of aryl methyl sites for hydroxylation is 1. The minimum absolute atomic E-state index is 0. The monoisotopic (exact) mass is 345 g/mol. The minimum Gasteiger partial charge on any atom is -0.449 e. The number of nitrogens with two attached hydrogens (primary N) is 1. The number of nitrogens with zero attached hydrogens (tertiary/aromatic N) is 2. The first-order chi connectivity index (χ1) is 9.50. The predicted molar refractivity (Wildman–Crippen MR) is 90.9 cm³/mol. The molecule has 0 saturated carbocycles. The third kappa shape index (κ3) is 3.37. The lowest BCUT2D eigenvalue weighted by molar-refractivity contribution is 0.0747. The van der Waals surface area contributed by atoms with E-state index < -0.39 is 0 Å². The zero-order valence-electron chi connectivity index (χ0n) is 12.7. The molecule has 1 atom stereocenters. The summed E-state index contributed by atoms with van der Waals surface area (Å²) in [7, 11) is 0. The molecule has 0 bridgehead atoms. The zero-order valence-corrected chi connectivity index (χ0v) is 14.3. The van der Waals surface area contributed by atoms with E-state index >= 15 is 0 Å². The van der Waals surface area contributed by atoms with Gasteiger partial charge in [0.05, 0.1) is 0 Å². The summed E-state index contributed by atoms with van der Waals surface area (Å²) in [6.45, 7) is 6.05. The molecule has 5 nitrogen and oxygen atoms in total. The van der Waals surface area contributed by atoms with Crippen molar-refractivity contribution in [2.24, 2.45) is 11.1 Å². The van der Waals surface area contributed by atoms with Crippen LogP contribution < -0.4 is 5.73 Å². The van der Waals surface area contributed by atoms with Crippen LogP contribution in [0, 0.1) is 12.3 Å². The molecule has 0 aromatic carbocycles. The lowest BCUT2D eigenvalue weighted by Gasteiger charge is -2.21. The number of furan rings is 1. The average Bonchev–Trinajstić information content (AvgIpc) is 3.02. The predicted octanol–water partition coefficient (Wildman–Crippen LogP) is 2.79. The quantitative estimate of drug-likeness (QED) is 0.908. The average molecular weight is 346 g/mol. The van der Waals surface area contributed by atoms with Gasteiger partial charge >= 0.3 is 0 Å². The molecule has 1 amide bonds. The third-order valence-electron chi connectivity index (χ3n) is 4.06. The van der Waals surface area contributed by atoms with Gasteiger partial charge in [0.15, 0.2) is 11.3 Å². The normalized spacial score (nSPS) is 20.6. The highest BCUT2D eigenvalue weighted by molar-refractivity contribution is 5.95. The van der Waals surface area contributed by atoms with Gasteiger partial charge in [-0.15, -0.1) is 24.8 Å². The first-order valence-electron chi connectivity index (χ1n) is 6.87. The zero-order chi connectivity index (χ0) is 14.3. The second kappa shape index (κ2) is 6.86. The van der Waals surface area contributed by atoms with E-state index in [1.165, 1.54) is 0 Å². The number of aromatic nitrogens is 1. The number of pyridine rings is 1. The molecule has 1 fully saturated rings. The van der Waals surface area contributed by atoms with Crippen molar-refractivity contribution in [1.29, 1.82) is 0 Å². The summed E-state index contributed by atoms with van der Waals surface area (Å²) in [5.74, 6) is 0.289. The third-order valence-corrected chi connectivity index (χ3v) is 4.06. The molecule has 0 radical (unpaired) electrons. The van der Waals surface area contributed by atoms with Crippen molar-refractivity contribution in [3.05, 3.63) is 29.7 Å². The van der Waals surface area contributed by atoms with Crippen LogP contribution in [0.25, 0.3) is 11.1 Å². The van der Waals surface area contributed by atoms with Gasteiger partial charge in [-0.05, 0) is 37.4 Å². The van der Waals surface area contributed by atoms with Crippen molar-refractivity contribution >= 4 is 41.8 Å².